The Labute approximate surface area is 201 Å². The van der Waals surface area contributed by atoms with Gasteiger partial charge in [-0.25, -0.2) is 4.98 Å². The molecule has 1 N–H and O–H groups in total. The average molecular weight is 470 g/mol. The van der Waals surface area contributed by atoms with Crippen molar-refractivity contribution in [2.75, 3.05) is 0 Å². The maximum atomic E-state index is 13.1. The van der Waals surface area contributed by atoms with Gasteiger partial charge in [-0.05, 0) is 50.6 Å². The van der Waals surface area contributed by atoms with E-state index in [-0.39, 0.29) is 6.04 Å². The maximum Gasteiger partial charge on any atom is 0.168 e. The van der Waals surface area contributed by atoms with E-state index in [2.05, 4.69) is 27.0 Å². The molecule has 0 spiro atoms. The Kier molecular flexibility index (Phi) is 6.67. The molecule has 1 unspecified atom stereocenters. The Morgan fingerprint density at radius 1 is 1.06 bits per heavy atom. The van der Waals surface area contributed by atoms with Crippen molar-refractivity contribution >= 4 is 22.3 Å². The quantitative estimate of drug-likeness (QED) is 0.396. The molecule has 0 aliphatic rings. The molecule has 0 aliphatic carbocycles. The highest BCUT2D eigenvalue weighted by Gasteiger charge is 2.31. The van der Waals surface area contributed by atoms with Crippen LogP contribution in [0, 0.1) is 22.7 Å². The summed E-state index contributed by atoms with van der Waals surface area (Å²) in [5.41, 5.74) is 4.40. The molecular formula is C26H23N5O2S. The van der Waals surface area contributed by atoms with E-state index in [4.69, 9.17) is 4.52 Å². The minimum absolute atomic E-state index is 0.331. The molecule has 170 valence electrons. The fraction of sp³-hybridized carbons (Fsp3) is 0.231. The largest absolute Gasteiger partial charge is 0.598 e. The highest BCUT2D eigenvalue weighted by atomic mass is 32.2. The van der Waals surface area contributed by atoms with Gasteiger partial charge in [0.05, 0.1) is 17.7 Å². The van der Waals surface area contributed by atoms with Crippen LogP contribution < -0.4 is 4.72 Å². The third-order valence-corrected chi connectivity index (χ3v) is 6.94. The van der Waals surface area contributed by atoms with Crippen LogP contribution in [-0.4, -0.2) is 19.4 Å². The molecule has 7 nitrogen and oxygen atoms in total. The second-order valence-corrected chi connectivity index (χ2v) is 10.8. The molecule has 0 aliphatic heterocycles. The molecule has 0 saturated carbocycles. The van der Waals surface area contributed by atoms with Crippen LogP contribution in [0.3, 0.4) is 0 Å². The van der Waals surface area contributed by atoms with Crippen molar-refractivity contribution in [3.63, 3.8) is 0 Å². The number of pyridine rings is 1. The average Bonchev–Trinajstić information content (AvgIpc) is 3.26. The lowest BCUT2D eigenvalue weighted by Gasteiger charge is -2.29. The van der Waals surface area contributed by atoms with Crippen LogP contribution in [0.15, 0.2) is 65.2 Å². The first kappa shape index (κ1) is 23.5. The fourth-order valence-corrected chi connectivity index (χ4v) is 4.43. The minimum Gasteiger partial charge on any atom is -0.598 e. The smallest absolute Gasteiger partial charge is 0.168 e. The molecule has 4 rings (SSSR count). The zero-order valence-electron chi connectivity index (χ0n) is 19.1. The first-order valence-electron chi connectivity index (χ1n) is 10.7. The van der Waals surface area contributed by atoms with Crippen molar-refractivity contribution in [1.82, 2.24) is 14.9 Å². The van der Waals surface area contributed by atoms with Crippen LogP contribution in [0.5, 0.6) is 0 Å². The van der Waals surface area contributed by atoms with E-state index in [0.29, 0.717) is 34.6 Å². The summed E-state index contributed by atoms with van der Waals surface area (Å²) in [6.07, 6.45) is 0.419. The second-order valence-electron chi connectivity index (χ2n) is 8.82. The van der Waals surface area contributed by atoms with E-state index in [1.807, 2.05) is 57.2 Å². The Morgan fingerprint density at radius 2 is 1.85 bits per heavy atom. The lowest BCUT2D eigenvalue weighted by atomic mass is 9.94. The third kappa shape index (κ3) is 4.95. The molecular weight excluding hydrogens is 446 g/mol. The molecule has 2 atom stereocenters. The number of nitriles is 2. The molecule has 2 heterocycles. The van der Waals surface area contributed by atoms with E-state index in [9.17, 15) is 15.1 Å². The molecule has 0 saturated heterocycles. The number of nitrogens with one attached hydrogen (secondary N) is 1. The number of benzene rings is 2. The first-order valence-corrected chi connectivity index (χ1v) is 11.9. The molecule has 34 heavy (non-hydrogen) atoms. The predicted molar refractivity (Wildman–Crippen MR) is 131 cm³/mol. The van der Waals surface area contributed by atoms with Crippen molar-refractivity contribution in [1.29, 1.82) is 10.5 Å². The summed E-state index contributed by atoms with van der Waals surface area (Å²) in [4.78, 5) is 4.42. The summed E-state index contributed by atoms with van der Waals surface area (Å²) in [5, 5.41) is 23.5. The maximum absolute atomic E-state index is 13.1. The lowest BCUT2D eigenvalue weighted by molar-refractivity contribution is 0.459. The van der Waals surface area contributed by atoms with Crippen molar-refractivity contribution in [2.45, 2.75) is 38.0 Å². The zero-order chi connectivity index (χ0) is 24.3. The molecule has 2 aromatic heterocycles. The van der Waals surface area contributed by atoms with Gasteiger partial charge in [-0.3, -0.25) is 0 Å². The van der Waals surface area contributed by atoms with E-state index >= 15 is 0 Å². The number of rotatable bonds is 6. The van der Waals surface area contributed by atoms with Gasteiger partial charge in [-0.15, -0.1) is 4.72 Å². The van der Waals surface area contributed by atoms with Gasteiger partial charge in [-0.1, -0.05) is 35.5 Å². The SMILES string of the molecule is CC(C)(C)[S+]([O-])N[C@@H](Cc1cccc(C#N)n1)c1ccccc1-c1noc2cc(C#N)ccc12. The molecule has 0 fully saturated rings. The third-order valence-electron chi connectivity index (χ3n) is 5.33. The van der Waals surface area contributed by atoms with E-state index in [0.717, 1.165) is 16.5 Å². The topological polar surface area (TPSA) is 122 Å². The summed E-state index contributed by atoms with van der Waals surface area (Å²) in [5.74, 6) is 0. The highest BCUT2D eigenvalue weighted by Crippen LogP contribution is 2.35. The lowest BCUT2D eigenvalue weighted by Crippen LogP contribution is -2.42. The Bertz CT molecular complexity index is 1410. The molecule has 4 aromatic rings. The van der Waals surface area contributed by atoms with Gasteiger partial charge in [0, 0.05) is 40.5 Å². The summed E-state index contributed by atoms with van der Waals surface area (Å²) < 4.78 is 21.4. The Hall–Kier alpha value is -3.69. The van der Waals surface area contributed by atoms with Gasteiger partial charge in [-0.2, -0.15) is 10.5 Å². The van der Waals surface area contributed by atoms with Crippen molar-refractivity contribution < 1.29 is 9.08 Å². The van der Waals surface area contributed by atoms with Crippen LogP contribution in [0.2, 0.25) is 0 Å². The van der Waals surface area contributed by atoms with Crippen molar-refractivity contribution in [3.8, 4) is 23.4 Å². The molecule has 0 amide bonds. The van der Waals surface area contributed by atoms with Gasteiger partial charge in [0.2, 0.25) is 0 Å². The normalized spacial score (nSPS) is 13.2. The Morgan fingerprint density at radius 3 is 2.59 bits per heavy atom. The number of hydrogen-bond acceptors (Lipinski definition) is 7. The number of fused-ring (bicyclic) bond motifs is 1. The van der Waals surface area contributed by atoms with Crippen molar-refractivity contribution in [2.24, 2.45) is 0 Å². The van der Waals surface area contributed by atoms with Gasteiger partial charge in [0.15, 0.2) is 5.58 Å². The van der Waals surface area contributed by atoms with Gasteiger partial charge >= 0.3 is 0 Å². The molecule has 8 heteroatoms. The zero-order valence-corrected chi connectivity index (χ0v) is 19.9. The van der Waals surface area contributed by atoms with Gasteiger partial charge in [0.1, 0.15) is 22.2 Å². The summed E-state index contributed by atoms with van der Waals surface area (Å²) >= 11 is -1.36. The van der Waals surface area contributed by atoms with Gasteiger partial charge < -0.3 is 9.08 Å². The number of aromatic nitrogens is 2. The van der Waals surface area contributed by atoms with Crippen LogP contribution in [-0.2, 0) is 17.8 Å². The molecule has 2 aromatic carbocycles. The number of hydrogen-bond donors (Lipinski definition) is 1. The number of nitrogens with zero attached hydrogens (tertiary/aromatic N) is 4. The highest BCUT2D eigenvalue weighted by molar-refractivity contribution is 7.90. The molecule has 0 bridgehead atoms. The standard InChI is InChI=1S/C26H23N5O2S/c1-26(2,3)34(32)31-23(14-18-7-6-8-19(16-28)29-18)20-9-4-5-10-21(20)25-22-12-11-17(15-27)13-24(22)33-30-25/h4-13,23,31H,14H2,1-3H3/t23-,34?/m0/s1. The van der Waals surface area contributed by atoms with Gasteiger partial charge in [0.25, 0.3) is 0 Å². The predicted octanol–water partition coefficient (Wildman–Crippen LogP) is 4.97. The Balaban J connectivity index is 1.81. The van der Waals surface area contributed by atoms with E-state index in [1.54, 1.807) is 24.3 Å². The van der Waals surface area contributed by atoms with Crippen molar-refractivity contribution in [3.05, 3.63) is 83.2 Å². The fourth-order valence-electron chi connectivity index (χ4n) is 3.60. The summed E-state index contributed by atoms with van der Waals surface area (Å²) in [6.45, 7) is 5.72. The van der Waals surface area contributed by atoms with Crippen LogP contribution in [0.4, 0.5) is 0 Å². The second kappa shape index (κ2) is 9.66. The van der Waals surface area contributed by atoms with Crippen LogP contribution >= 0.6 is 0 Å². The summed E-state index contributed by atoms with van der Waals surface area (Å²) in [7, 11) is 0. The van der Waals surface area contributed by atoms with Crippen LogP contribution in [0.1, 0.15) is 49.3 Å². The van der Waals surface area contributed by atoms with E-state index in [1.165, 1.54) is 0 Å². The molecule has 0 radical (unpaired) electrons. The summed E-state index contributed by atoms with van der Waals surface area (Å²) in [6, 6.07) is 22.1. The minimum atomic E-state index is -1.36. The van der Waals surface area contributed by atoms with E-state index < -0.39 is 16.1 Å². The monoisotopic (exact) mass is 469 g/mol. The van der Waals surface area contributed by atoms with Crippen LogP contribution in [0.25, 0.3) is 22.2 Å². The first-order chi connectivity index (χ1) is 16.3.